The molecule has 0 unspecified atom stereocenters. The van der Waals surface area contributed by atoms with Gasteiger partial charge in [-0.1, -0.05) is 30.3 Å². The van der Waals surface area contributed by atoms with Crippen molar-refractivity contribution in [3.63, 3.8) is 0 Å². The van der Waals surface area contributed by atoms with Crippen LogP contribution in [0.15, 0.2) is 30.3 Å². The molecule has 1 rings (SSSR count). The van der Waals surface area contributed by atoms with E-state index in [0.29, 0.717) is 0 Å². The molecule has 0 spiro atoms. The zero-order valence-corrected chi connectivity index (χ0v) is 14.3. The van der Waals surface area contributed by atoms with Crippen LogP contribution in [0, 0.1) is 0 Å². The summed E-state index contributed by atoms with van der Waals surface area (Å²) in [6, 6.07) is 9.35. The summed E-state index contributed by atoms with van der Waals surface area (Å²) in [4.78, 5) is 0. The summed E-state index contributed by atoms with van der Waals surface area (Å²) in [6.07, 6.45) is -5.00. The lowest BCUT2D eigenvalue weighted by Crippen LogP contribution is -2.53. The van der Waals surface area contributed by atoms with E-state index in [2.05, 4.69) is 0 Å². The second-order valence-corrected chi connectivity index (χ2v) is 8.06. The first-order valence-electron chi connectivity index (χ1n) is 7.22. The molecule has 3 nitrogen and oxygen atoms in total. The Balaban J connectivity index is 3.01. The molecule has 7 heteroatoms. The van der Waals surface area contributed by atoms with Gasteiger partial charge in [0.05, 0.1) is 0 Å². The van der Waals surface area contributed by atoms with E-state index in [1.54, 1.807) is 27.7 Å². The van der Waals surface area contributed by atoms with E-state index in [1.165, 1.54) is 0 Å². The summed E-state index contributed by atoms with van der Waals surface area (Å²) in [5, 5.41) is 0. The van der Waals surface area contributed by atoms with Gasteiger partial charge >= 0.3 is 15.0 Å². The smallest absolute Gasteiger partial charge is 0.371 e. The Bertz CT molecular complexity index is 425. The molecular formula is C15H23F3O3Si. The van der Waals surface area contributed by atoms with E-state index in [-0.39, 0.29) is 18.3 Å². The fourth-order valence-corrected chi connectivity index (χ4v) is 5.00. The summed E-state index contributed by atoms with van der Waals surface area (Å²) >= 11 is 0. The van der Waals surface area contributed by atoms with E-state index < -0.39 is 21.6 Å². The van der Waals surface area contributed by atoms with Gasteiger partial charge in [0.15, 0.2) is 0 Å². The monoisotopic (exact) mass is 336 g/mol. The molecule has 22 heavy (non-hydrogen) atoms. The predicted octanol–water partition coefficient (Wildman–Crippen LogP) is 4.14. The van der Waals surface area contributed by atoms with Crippen LogP contribution < -0.4 is 0 Å². The first-order chi connectivity index (χ1) is 10.1. The average molecular weight is 336 g/mol. The Morgan fingerprint density at radius 1 is 0.955 bits per heavy atom. The molecule has 0 N–H and O–H groups in total. The molecule has 0 aliphatic heterocycles. The molecular weight excluding hydrogens is 313 g/mol. The van der Waals surface area contributed by atoms with Crippen molar-refractivity contribution in [3.8, 4) is 0 Å². The van der Waals surface area contributed by atoms with Crippen LogP contribution >= 0.6 is 0 Å². The van der Waals surface area contributed by atoms with Crippen molar-refractivity contribution < 1.29 is 26.4 Å². The predicted molar refractivity (Wildman–Crippen MR) is 80.3 cm³/mol. The fraction of sp³-hybridized carbons (Fsp3) is 0.600. The summed E-state index contributed by atoms with van der Waals surface area (Å²) in [7, 11) is -3.49. The van der Waals surface area contributed by atoms with Crippen molar-refractivity contribution in [3.05, 3.63) is 35.9 Å². The van der Waals surface area contributed by atoms with Gasteiger partial charge in [-0.25, -0.2) is 0 Å². The Kier molecular flexibility index (Phi) is 7.05. The van der Waals surface area contributed by atoms with Crippen molar-refractivity contribution in [1.29, 1.82) is 0 Å². The molecule has 0 atom stereocenters. The number of alkyl halides is 3. The molecule has 0 radical (unpaired) electrons. The maximum atomic E-state index is 12.6. The van der Waals surface area contributed by atoms with Gasteiger partial charge in [0.1, 0.15) is 6.61 Å². The summed E-state index contributed by atoms with van der Waals surface area (Å²) in [5.74, 6) is 0. The lowest BCUT2D eigenvalue weighted by Gasteiger charge is -2.33. The third-order valence-corrected chi connectivity index (χ3v) is 5.64. The number of rotatable bonds is 8. The van der Waals surface area contributed by atoms with Crippen molar-refractivity contribution in [2.75, 3.05) is 6.61 Å². The Labute approximate surface area is 130 Å². The van der Waals surface area contributed by atoms with E-state index in [9.17, 15) is 13.2 Å². The van der Waals surface area contributed by atoms with Crippen molar-refractivity contribution in [2.45, 2.75) is 52.1 Å². The third kappa shape index (κ3) is 7.39. The minimum atomic E-state index is -4.42. The molecule has 0 heterocycles. The topological polar surface area (TPSA) is 27.7 Å². The van der Waals surface area contributed by atoms with Crippen LogP contribution in [0.2, 0.25) is 0 Å². The maximum absolute atomic E-state index is 12.6. The summed E-state index contributed by atoms with van der Waals surface area (Å²) in [5.41, 5.74) is 0.831. The Hall–Kier alpha value is -0.893. The Morgan fingerprint density at radius 2 is 1.45 bits per heavy atom. The minimum absolute atomic E-state index is 0.209. The molecule has 0 amide bonds. The molecule has 1 aromatic carbocycles. The van der Waals surface area contributed by atoms with Gasteiger partial charge in [-0.3, -0.25) is 0 Å². The van der Waals surface area contributed by atoms with Crippen LogP contribution in [0.3, 0.4) is 0 Å². The number of hydrogen-bond acceptors (Lipinski definition) is 3. The lowest BCUT2D eigenvalue weighted by atomic mass is 10.2. The first kappa shape index (κ1) is 19.2. The average Bonchev–Trinajstić information content (AvgIpc) is 2.35. The largest absolute Gasteiger partial charge is 0.506 e. The van der Waals surface area contributed by atoms with Gasteiger partial charge in [0.2, 0.25) is 0 Å². The van der Waals surface area contributed by atoms with Crippen molar-refractivity contribution in [1.82, 2.24) is 0 Å². The SMILES string of the molecule is CC(C)O[Si](Cc1ccccc1)(OCC(F)(F)F)OC(C)C. The summed E-state index contributed by atoms with van der Waals surface area (Å²) in [6.45, 7) is 5.66. The highest BCUT2D eigenvalue weighted by atomic mass is 28.4. The molecule has 0 bridgehead atoms. The molecule has 0 saturated carbocycles. The van der Waals surface area contributed by atoms with E-state index >= 15 is 0 Å². The highest BCUT2D eigenvalue weighted by molar-refractivity contribution is 6.60. The van der Waals surface area contributed by atoms with Gasteiger partial charge in [0.25, 0.3) is 0 Å². The van der Waals surface area contributed by atoms with Crippen molar-refractivity contribution >= 4 is 8.80 Å². The van der Waals surface area contributed by atoms with E-state index in [4.69, 9.17) is 13.3 Å². The second kappa shape index (κ2) is 8.10. The number of benzene rings is 1. The Morgan fingerprint density at radius 3 is 1.86 bits per heavy atom. The van der Waals surface area contributed by atoms with Crippen LogP contribution in [0.5, 0.6) is 0 Å². The van der Waals surface area contributed by atoms with Crippen LogP contribution in [0.4, 0.5) is 13.2 Å². The van der Waals surface area contributed by atoms with E-state index in [0.717, 1.165) is 5.56 Å². The number of hydrogen-bond donors (Lipinski definition) is 0. The maximum Gasteiger partial charge on any atom is 0.506 e. The fourth-order valence-electron chi connectivity index (χ4n) is 1.99. The zero-order chi connectivity index (χ0) is 16.8. The highest BCUT2D eigenvalue weighted by Gasteiger charge is 2.46. The van der Waals surface area contributed by atoms with Crippen LogP contribution in [0.25, 0.3) is 0 Å². The molecule has 126 valence electrons. The van der Waals surface area contributed by atoms with Gasteiger partial charge in [0, 0.05) is 18.3 Å². The second-order valence-electron chi connectivity index (χ2n) is 5.58. The lowest BCUT2D eigenvalue weighted by molar-refractivity contribution is -0.167. The minimum Gasteiger partial charge on any atom is -0.371 e. The molecule has 0 aliphatic carbocycles. The molecule has 0 fully saturated rings. The first-order valence-corrected chi connectivity index (χ1v) is 9.15. The van der Waals surface area contributed by atoms with E-state index in [1.807, 2.05) is 30.3 Å². The molecule has 1 aromatic rings. The zero-order valence-electron chi connectivity index (χ0n) is 13.3. The van der Waals surface area contributed by atoms with Crippen molar-refractivity contribution in [2.24, 2.45) is 0 Å². The molecule has 0 saturated heterocycles. The van der Waals surface area contributed by atoms with Crippen LogP contribution in [-0.4, -0.2) is 33.8 Å². The van der Waals surface area contributed by atoms with Gasteiger partial charge in [-0.05, 0) is 33.3 Å². The third-order valence-electron chi connectivity index (χ3n) is 2.55. The highest BCUT2D eigenvalue weighted by Crippen LogP contribution is 2.24. The van der Waals surface area contributed by atoms with Gasteiger partial charge in [-0.2, -0.15) is 13.2 Å². The standard InChI is InChI=1S/C15H23F3O3Si/c1-12(2)20-22(21-13(3)4,19-11-15(16,17)18)10-14-8-6-5-7-9-14/h5-9,12-13H,10-11H2,1-4H3. The molecule has 0 aromatic heterocycles. The van der Waals surface area contributed by atoms with Gasteiger partial charge < -0.3 is 13.3 Å². The summed E-state index contributed by atoms with van der Waals surface area (Å²) < 4.78 is 54.4. The normalized spacial score (nSPS) is 13.1. The van der Waals surface area contributed by atoms with Gasteiger partial charge in [-0.15, -0.1) is 0 Å². The quantitative estimate of drug-likeness (QED) is 0.668. The van der Waals surface area contributed by atoms with Crippen LogP contribution in [-0.2, 0) is 19.3 Å². The number of halogens is 3. The molecule has 0 aliphatic rings. The van der Waals surface area contributed by atoms with Crippen LogP contribution in [0.1, 0.15) is 33.3 Å².